The molecule has 124 valence electrons. The Kier molecular flexibility index (Phi) is 8.52. The molecule has 0 aliphatic carbocycles. The SMILES string of the molecule is CC(C)(C)OC(=O)C(CN)NC(=O)OCc1ccccc1.Cl. The van der Waals surface area contributed by atoms with Crippen LogP contribution in [0.2, 0.25) is 0 Å². The molecule has 1 unspecified atom stereocenters. The van der Waals surface area contributed by atoms with Gasteiger partial charge >= 0.3 is 12.1 Å². The fraction of sp³-hybridized carbons (Fsp3) is 0.467. The number of benzene rings is 1. The molecule has 22 heavy (non-hydrogen) atoms. The van der Waals surface area contributed by atoms with Crippen molar-refractivity contribution in [3.63, 3.8) is 0 Å². The van der Waals surface area contributed by atoms with Crippen LogP contribution in [0, 0.1) is 0 Å². The monoisotopic (exact) mass is 330 g/mol. The first-order chi connectivity index (χ1) is 9.81. The third-order valence-electron chi connectivity index (χ3n) is 2.43. The zero-order valence-electron chi connectivity index (χ0n) is 13.0. The lowest BCUT2D eigenvalue weighted by Crippen LogP contribution is -2.48. The Hall–Kier alpha value is -1.79. The molecule has 1 aromatic carbocycles. The van der Waals surface area contributed by atoms with Crippen molar-refractivity contribution in [2.24, 2.45) is 5.73 Å². The first kappa shape index (κ1) is 20.2. The molecule has 0 saturated carbocycles. The predicted octanol–water partition coefficient (Wildman–Crippen LogP) is 2.00. The van der Waals surface area contributed by atoms with E-state index in [1.165, 1.54) is 0 Å². The molecule has 0 bridgehead atoms. The van der Waals surface area contributed by atoms with Gasteiger partial charge in [0.05, 0.1) is 0 Å². The minimum absolute atomic E-state index is 0. The van der Waals surface area contributed by atoms with E-state index < -0.39 is 23.7 Å². The van der Waals surface area contributed by atoms with Gasteiger partial charge in [0.15, 0.2) is 0 Å². The zero-order chi connectivity index (χ0) is 15.9. The molecule has 1 rings (SSSR count). The highest BCUT2D eigenvalue weighted by atomic mass is 35.5. The number of ether oxygens (including phenoxy) is 2. The molecule has 0 aliphatic heterocycles. The average molecular weight is 331 g/mol. The van der Waals surface area contributed by atoms with Gasteiger partial charge in [-0.15, -0.1) is 12.4 Å². The fourth-order valence-corrected chi connectivity index (χ4v) is 1.49. The molecule has 0 aromatic heterocycles. The first-order valence-corrected chi connectivity index (χ1v) is 6.72. The number of hydrogen-bond donors (Lipinski definition) is 2. The summed E-state index contributed by atoms with van der Waals surface area (Å²) < 4.78 is 10.2. The summed E-state index contributed by atoms with van der Waals surface area (Å²) in [5, 5.41) is 2.40. The predicted molar refractivity (Wildman–Crippen MR) is 85.7 cm³/mol. The third kappa shape index (κ3) is 7.85. The van der Waals surface area contributed by atoms with Gasteiger partial charge in [0.25, 0.3) is 0 Å². The summed E-state index contributed by atoms with van der Waals surface area (Å²) in [6.45, 7) is 5.29. The number of alkyl carbamates (subject to hydrolysis) is 1. The maximum absolute atomic E-state index is 11.8. The van der Waals surface area contributed by atoms with Crippen LogP contribution in [-0.4, -0.2) is 30.3 Å². The van der Waals surface area contributed by atoms with Gasteiger partial charge in [-0.05, 0) is 26.3 Å². The molecule has 0 heterocycles. The number of esters is 1. The van der Waals surface area contributed by atoms with Gasteiger partial charge in [-0.3, -0.25) is 0 Å². The number of carbonyl (C=O) groups is 2. The highest BCUT2D eigenvalue weighted by Gasteiger charge is 2.25. The van der Waals surface area contributed by atoms with Crippen LogP contribution >= 0.6 is 12.4 Å². The molecule has 6 nitrogen and oxygen atoms in total. The standard InChI is InChI=1S/C15H22N2O4.ClH/c1-15(2,3)21-13(18)12(9-16)17-14(19)20-10-11-7-5-4-6-8-11;/h4-8,12H,9-10,16H2,1-3H3,(H,17,19);1H. The van der Waals surface area contributed by atoms with Crippen molar-refractivity contribution < 1.29 is 19.1 Å². The molecular weight excluding hydrogens is 308 g/mol. The Morgan fingerprint density at radius 2 is 1.82 bits per heavy atom. The second-order valence-corrected chi connectivity index (χ2v) is 5.53. The van der Waals surface area contributed by atoms with Crippen molar-refractivity contribution in [3.05, 3.63) is 35.9 Å². The maximum atomic E-state index is 11.8. The average Bonchev–Trinajstić information content (AvgIpc) is 2.41. The molecule has 0 fully saturated rings. The van der Waals surface area contributed by atoms with Gasteiger partial charge in [0.1, 0.15) is 18.2 Å². The topological polar surface area (TPSA) is 90.6 Å². The molecule has 0 radical (unpaired) electrons. The third-order valence-corrected chi connectivity index (χ3v) is 2.43. The van der Waals surface area contributed by atoms with E-state index in [0.29, 0.717) is 0 Å². The largest absolute Gasteiger partial charge is 0.458 e. The lowest BCUT2D eigenvalue weighted by molar-refractivity contribution is -0.157. The smallest absolute Gasteiger partial charge is 0.408 e. The second kappa shape index (κ2) is 9.27. The summed E-state index contributed by atoms with van der Waals surface area (Å²) in [5.41, 5.74) is 5.69. The van der Waals surface area contributed by atoms with Crippen LogP contribution in [0.25, 0.3) is 0 Å². The Labute approximate surface area is 136 Å². The number of amides is 1. The summed E-state index contributed by atoms with van der Waals surface area (Å²) in [6.07, 6.45) is -0.708. The summed E-state index contributed by atoms with van der Waals surface area (Å²) in [5.74, 6) is -0.582. The van der Waals surface area contributed by atoms with E-state index in [0.717, 1.165) is 5.56 Å². The molecule has 1 amide bonds. The van der Waals surface area contributed by atoms with Crippen LogP contribution in [-0.2, 0) is 20.9 Å². The second-order valence-electron chi connectivity index (χ2n) is 5.53. The minimum atomic E-state index is -0.924. The summed E-state index contributed by atoms with van der Waals surface area (Å²) in [7, 11) is 0. The Bertz CT molecular complexity index is 474. The Morgan fingerprint density at radius 1 is 1.23 bits per heavy atom. The minimum Gasteiger partial charge on any atom is -0.458 e. The molecule has 1 aromatic rings. The van der Waals surface area contributed by atoms with Crippen LogP contribution in [0.4, 0.5) is 4.79 Å². The lowest BCUT2D eigenvalue weighted by atomic mass is 10.2. The van der Waals surface area contributed by atoms with Crippen molar-refractivity contribution in [1.29, 1.82) is 0 Å². The van der Waals surface area contributed by atoms with Crippen LogP contribution in [0.15, 0.2) is 30.3 Å². The van der Waals surface area contributed by atoms with Crippen LogP contribution in [0.5, 0.6) is 0 Å². The van der Waals surface area contributed by atoms with Crippen molar-refractivity contribution in [2.75, 3.05) is 6.54 Å². The van der Waals surface area contributed by atoms with Gasteiger partial charge in [0.2, 0.25) is 0 Å². The van der Waals surface area contributed by atoms with Crippen LogP contribution < -0.4 is 11.1 Å². The number of nitrogens with one attached hydrogen (secondary N) is 1. The quantitative estimate of drug-likeness (QED) is 0.806. The summed E-state index contributed by atoms with van der Waals surface area (Å²) in [6, 6.07) is 8.31. The number of nitrogens with two attached hydrogens (primary N) is 1. The van der Waals surface area contributed by atoms with E-state index in [-0.39, 0.29) is 25.6 Å². The summed E-state index contributed by atoms with van der Waals surface area (Å²) >= 11 is 0. The Balaban J connectivity index is 0.00000441. The van der Waals surface area contributed by atoms with E-state index in [1.807, 2.05) is 30.3 Å². The molecule has 0 spiro atoms. The van der Waals surface area contributed by atoms with E-state index in [1.54, 1.807) is 20.8 Å². The highest BCUT2D eigenvalue weighted by molar-refractivity contribution is 5.85. The van der Waals surface area contributed by atoms with Gasteiger partial charge in [-0.25, -0.2) is 9.59 Å². The number of hydrogen-bond acceptors (Lipinski definition) is 5. The van der Waals surface area contributed by atoms with E-state index in [2.05, 4.69) is 5.32 Å². The molecule has 0 saturated heterocycles. The number of rotatable bonds is 5. The maximum Gasteiger partial charge on any atom is 0.408 e. The van der Waals surface area contributed by atoms with Crippen molar-refractivity contribution >= 4 is 24.5 Å². The molecular formula is C15H23ClN2O4. The highest BCUT2D eigenvalue weighted by Crippen LogP contribution is 2.08. The van der Waals surface area contributed by atoms with Gasteiger partial charge < -0.3 is 20.5 Å². The zero-order valence-corrected chi connectivity index (χ0v) is 13.8. The first-order valence-electron chi connectivity index (χ1n) is 6.72. The number of carbonyl (C=O) groups excluding carboxylic acids is 2. The summed E-state index contributed by atoms with van der Waals surface area (Å²) in [4.78, 5) is 23.5. The van der Waals surface area contributed by atoms with Crippen molar-refractivity contribution in [2.45, 2.75) is 39.0 Å². The Morgan fingerprint density at radius 3 is 2.32 bits per heavy atom. The lowest BCUT2D eigenvalue weighted by Gasteiger charge is -2.23. The van der Waals surface area contributed by atoms with Gasteiger partial charge in [0, 0.05) is 6.54 Å². The molecule has 1 atom stereocenters. The molecule has 7 heteroatoms. The van der Waals surface area contributed by atoms with Gasteiger partial charge in [-0.2, -0.15) is 0 Å². The van der Waals surface area contributed by atoms with Crippen LogP contribution in [0.1, 0.15) is 26.3 Å². The van der Waals surface area contributed by atoms with Gasteiger partial charge in [-0.1, -0.05) is 30.3 Å². The number of halogens is 1. The normalized spacial score (nSPS) is 11.8. The van der Waals surface area contributed by atoms with Crippen LogP contribution in [0.3, 0.4) is 0 Å². The van der Waals surface area contributed by atoms with E-state index in [4.69, 9.17) is 15.2 Å². The molecule has 0 aliphatic rings. The molecule has 3 N–H and O–H groups in total. The van der Waals surface area contributed by atoms with E-state index >= 15 is 0 Å². The van der Waals surface area contributed by atoms with Crippen molar-refractivity contribution in [1.82, 2.24) is 5.32 Å². The fourth-order valence-electron chi connectivity index (χ4n) is 1.49. The van der Waals surface area contributed by atoms with Crippen molar-refractivity contribution in [3.8, 4) is 0 Å². The van der Waals surface area contributed by atoms with E-state index in [9.17, 15) is 9.59 Å².